The van der Waals surface area contributed by atoms with Crippen LogP contribution in [-0.2, 0) is 17.8 Å². The number of methoxy groups -OCH3 is 1. The molecular weight excluding hydrogens is 280 g/mol. The van der Waals surface area contributed by atoms with Crippen molar-refractivity contribution < 1.29 is 4.74 Å². The number of hydrogen-bond acceptors (Lipinski definition) is 4. The Morgan fingerprint density at radius 2 is 2.09 bits per heavy atom. The first-order valence-electron chi connectivity index (χ1n) is 7.13. The van der Waals surface area contributed by atoms with Crippen molar-refractivity contribution in [3.05, 3.63) is 58.7 Å². The second-order valence-corrected chi connectivity index (χ2v) is 5.27. The largest absolute Gasteiger partial charge is 0.383 e. The third-order valence-corrected chi connectivity index (χ3v) is 3.65. The lowest BCUT2D eigenvalue weighted by Gasteiger charge is -2.10. The molecule has 0 radical (unpaired) electrons. The van der Waals surface area contributed by atoms with Gasteiger partial charge < -0.3 is 9.30 Å². The van der Waals surface area contributed by atoms with Gasteiger partial charge in [-0.25, -0.2) is 9.97 Å². The van der Waals surface area contributed by atoms with Gasteiger partial charge in [-0.1, -0.05) is 11.6 Å². The first-order valence-corrected chi connectivity index (χ1v) is 7.13. The molecule has 3 rings (SSSR count). The number of imidazole rings is 1. The molecule has 0 saturated carbocycles. The number of rotatable bonds is 5. The lowest BCUT2D eigenvalue weighted by molar-refractivity contribution is 0.186. The summed E-state index contributed by atoms with van der Waals surface area (Å²) in [6.45, 7) is 3.73. The van der Waals surface area contributed by atoms with E-state index in [4.69, 9.17) is 4.74 Å². The van der Waals surface area contributed by atoms with Crippen LogP contribution in [0.15, 0.2) is 41.8 Å². The fraction of sp³-hybridized carbons (Fsp3) is 0.312. The summed E-state index contributed by atoms with van der Waals surface area (Å²) >= 11 is 0. The molecule has 0 spiro atoms. The maximum atomic E-state index is 12.6. The van der Waals surface area contributed by atoms with E-state index in [1.54, 1.807) is 30.5 Å². The van der Waals surface area contributed by atoms with E-state index in [0.717, 1.165) is 16.8 Å². The molecule has 2 aromatic heterocycles. The van der Waals surface area contributed by atoms with Crippen LogP contribution in [0.3, 0.4) is 0 Å². The molecule has 0 atom stereocenters. The molecule has 0 fully saturated rings. The SMILES string of the molecule is COCCn1cncc1Cn1cnc2ccc(C)cc2c1=O. The smallest absolute Gasteiger partial charge is 0.261 e. The van der Waals surface area contributed by atoms with Crippen molar-refractivity contribution in [2.24, 2.45) is 0 Å². The van der Waals surface area contributed by atoms with Crippen LogP contribution in [0.25, 0.3) is 10.9 Å². The van der Waals surface area contributed by atoms with E-state index in [2.05, 4.69) is 9.97 Å². The summed E-state index contributed by atoms with van der Waals surface area (Å²) in [6.07, 6.45) is 5.11. The first-order chi connectivity index (χ1) is 10.7. The molecule has 1 aromatic carbocycles. The number of nitrogens with zero attached hydrogens (tertiary/aromatic N) is 4. The van der Waals surface area contributed by atoms with Gasteiger partial charge in [0.15, 0.2) is 0 Å². The Morgan fingerprint density at radius 1 is 1.23 bits per heavy atom. The normalized spacial score (nSPS) is 11.2. The molecule has 0 unspecified atom stereocenters. The van der Waals surface area contributed by atoms with Crippen LogP contribution in [0.2, 0.25) is 0 Å². The summed E-state index contributed by atoms with van der Waals surface area (Å²) in [5.74, 6) is 0. The molecule has 0 N–H and O–H groups in total. The summed E-state index contributed by atoms with van der Waals surface area (Å²) in [5.41, 5.74) is 2.69. The molecule has 0 amide bonds. The van der Waals surface area contributed by atoms with Gasteiger partial charge in [-0.2, -0.15) is 0 Å². The second kappa shape index (κ2) is 6.11. The van der Waals surface area contributed by atoms with Gasteiger partial charge in [-0.05, 0) is 19.1 Å². The molecular formula is C16H18N4O2. The molecule has 0 aliphatic rings. The minimum absolute atomic E-state index is 0.0341. The standard InChI is InChI=1S/C16H18N4O2/c1-12-3-4-15-14(7-12)16(21)20(11-18-15)9-13-8-17-10-19(13)5-6-22-2/h3-4,7-8,10-11H,5-6,9H2,1-2H3. The predicted molar refractivity (Wildman–Crippen MR) is 83.9 cm³/mol. The van der Waals surface area contributed by atoms with Gasteiger partial charge in [-0.15, -0.1) is 0 Å². The Morgan fingerprint density at radius 3 is 2.91 bits per heavy atom. The Labute approximate surface area is 128 Å². The van der Waals surface area contributed by atoms with E-state index in [1.165, 1.54) is 0 Å². The van der Waals surface area contributed by atoms with E-state index >= 15 is 0 Å². The average molecular weight is 298 g/mol. The van der Waals surface area contributed by atoms with E-state index in [1.807, 2.05) is 29.7 Å². The van der Waals surface area contributed by atoms with Crippen molar-refractivity contribution in [1.29, 1.82) is 0 Å². The van der Waals surface area contributed by atoms with Crippen LogP contribution >= 0.6 is 0 Å². The quantitative estimate of drug-likeness (QED) is 0.718. The molecule has 3 aromatic rings. The summed E-state index contributed by atoms with van der Waals surface area (Å²) in [5, 5.41) is 0.644. The molecule has 6 nitrogen and oxygen atoms in total. The highest BCUT2D eigenvalue weighted by Gasteiger charge is 2.08. The molecule has 6 heteroatoms. The summed E-state index contributed by atoms with van der Waals surface area (Å²) < 4.78 is 8.68. The third-order valence-electron chi connectivity index (χ3n) is 3.65. The third kappa shape index (κ3) is 2.78. The Kier molecular flexibility index (Phi) is 4.02. The average Bonchev–Trinajstić information content (AvgIpc) is 2.96. The van der Waals surface area contributed by atoms with Crippen LogP contribution in [0.5, 0.6) is 0 Å². The Hall–Kier alpha value is -2.47. The van der Waals surface area contributed by atoms with Crippen molar-refractivity contribution in [3.63, 3.8) is 0 Å². The number of aryl methyl sites for hydroxylation is 1. The van der Waals surface area contributed by atoms with E-state index < -0.39 is 0 Å². The zero-order chi connectivity index (χ0) is 15.5. The molecule has 0 saturated heterocycles. The van der Waals surface area contributed by atoms with E-state index in [9.17, 15) is 4.79 Å². The predicted octanol–water partition coefficient (Wildman–Crippen LogP) is 1.60. The van der Waals surface area contributed by atoms with Gasteiger partial charge in [-0.3, -0.25) is 9.36 Å². The first kappa shape index (κ1) is 14.5. The number of benzene rings is 1. The molecule has 0 aliphatic heterocycles. The van der Waals surface area contributed by atoms with E-state index in [-0.39, 0.29) is 5.56 Å². The van der Waals surface area contributed by atoms with Crippen molar-refractivity contribution in [2.75, 3.05) is 13.7 Å². The number of hydrogen-bond donors (Lipinski definition) is 0. The van der Waals surface area contributed by atoms with Crippen molar-refractivity contribution in [2.45, 2.75) is 20.0 Å². The van der Waals surface area contributed by atoms with Crippen molar-refractivity contribution in [3.8, 4) is 0 Å². The Bertz CT molecular complexity index is 851. The van der Waals surface area contributed by atoms with Gasteiger partial charge >= 0.3 is 0 Å². The zero-order valence-corrected chi connectivity index (χ0v) is 12.7. The lowest BCUT2D eigenvalue weighted by Crippen LogP contribution is -2.22. The molecule has 114 valence electrons. The minimum Gasteiger partial charge on any atom is -0.383 e. The highest BCUT2D eigenvalue weighted by atomic mass is 16.5. The topological polar surface area (TPSA) is 61.9 Å². The summed E-state index contributed by atoms with van der Waals surface area (Å²) in [6, 6.07) is 5.71. The fourth-order valence-electron chi connectivity index (χ4n) is 2.43. The van der Waals surface area contributed by atoms with Gasteiger partial charge in [0.05, 0.1) is 42.4 Å². The van der Waals surface area contributed by atoms with Crippen molar-refractivity contribution in [1.82, 2.24) is 19.1 Å². The van der Waals surface area contributed by atoms with Crippen LogP contribution in [0.1, 0.15) is 11.3 Å². The van der Waals surface area contributed by atoms with Gasteiger partial charge in [0.25, 0.3) is 5.56 Å². The second-order valence-electron chi connectivity index (χ2n) is 5.27. The lowest BCUT2D eigenvalue weighted by atomic mass is 10.2. The van der Waals surface area contributed by atoms with Crippen LogP contribution < -0.4 is 5.56 Å². The highest BCUT2D eigenvalue weighted by Crippen LogP contribution is 2.09. The summed E-state index contributed by atoms with van der Waals surface area (Å²) in [4.78, 5) is 21.1. The zero-order valence-electron chi connectivity index (χ0n) is 12.7. The number of aromatic nitrogens is 4. The highest BCUT2D eigenvalue weighted by molar-refractivity contribution is 5.77. The van der Waals surface area contributed by atoms with Crippen LogP contribution in [0, 0.1) is 6.92 Å². The molecule has 0 bridgehead atoms. The van der Waals surface area contributed by atoms with Crippen LogP contribution in [-0.4, -0.2) is 32.8 Å². The van der Waals surface area contributed by atoms with Crippen LogP contribution in [0.4, 0.5) is 0 Å². The maximum Gasteiger partial charge on any atom is 0.261 e. The molecule has 0 aliphatic carbocycles. The minimum atomic E-state index is -0.0341. The Balaban J connectivity index is 1.96. The fourth-order valence-corrected chi connectivity index (χ4v) is 2.43. The monoisotopic (exact) mass is 298 g/mol. The number of ether oxygens (including phenoxy) is 1. The molecule has 22 heavy (non-hydrogen) atoms. The van der Waals surface area contributed by atoms with Gasteiger partial charge in [0, 0.05) is 19.9 Å². The van der Waals surface area contributed by atoms with E-state index in [0.29, 0.717) is 25.1 Å². The van der Waals surface area contributed by atoms with Gasteiger partial charge in [0.1, 0.15) is 0 Å². The van der Waals surface area contributed by atoms with Crippen molar-refractivity contribution >= 4 is 10.9 Å². The van der Waals surface area contributed by atoms with Gasteiger partial charge in [0.2, 0.25) is 0 Å². The summed E-state index contributed by atoms with van der Waals surface area (Å²) in [7, 11) is 1.66. The number of fused-ring (bicyclic) bond motifs is 1. The molecule has 2 heterocycles. The maximum absolute atomic E-state index is 12.6.